The molecule has 2 aromatic rings. The van der Waals surface area contributed by atoms with E-state index < -0.39 is 0 Å². The Kier molecular flexibility index (Phi) is 5.57. The average Bonchev–Trinajstić information content (AvgIpc) is 2.44. The molecule has 0 aliphatic carbocycles. The van der Waals surface area contributed by atoms with E-state index in [1.807, 2.05) is 30.3 Å². The molecule has 1 unspecified atom stereocenters. The van der Waals surface area contributed by atoms with E-state index in [1.54, 1.807) is 0 Å². The fraction of sp³-hybridized carbons (Fsp3) is 0.294. The third-order valence-electron chi connectivity index (χ3n) is 3.24. The Morgan fingerprint density at radius 2 is 1.90 bits per heavy atom. The molecule has 0 aromatic heterocycles. The predicted octanol–water partition coefficient (Wildman–Crippen LogP) is 4.76. The molecule has 1 atom stereocenters. The van der Waals surface area contributed by atoms with Gasteiger partial charge in [-0.15, -0.1) is 0 Å². The first-order valence-corrected chi connectivity index (χ1v) is 7.30. The first-order chi connectivity index (χ1) is 9.69. The fourth-order valence-corrected chi connectivity index (χ4v) is 2.43. The minimum atomic E-state index is -0.203. The predicted molar refractivity (Wildman–Crippen MR) is 82.6 cm³/mol. The Morgan fingerprint density at radius 1 is 1.15 bits per heavy atom. The van der Waals surface area contributed by atoms with Crippen molar-refractivity contribution in [2.45, 2.75) is 25.8 Å². The summed E-state index contributed by atoms with van der Waals surface area (Å²) in [6.45, 7) is 3.07. The van der Waals surface area contributed by atoms with E-state index >= 15 is 0 Å². The van der Waals surface area contributed by atoms with Crippen molar-refractivity contribution in [1.29, 1.82) is 0 Å². The van der Waals surface area contributed by atoms with Crippen LogP contribution in [0.2, 0.25) is 5.02 Å². The van der Waals surface area contributed by atoms with Crippen LogP contribution in [-0.2, 0) is 6.42 Å². The average molecular weight is 292 g/mol. The van der Waals surface area contributed by atoms with Crippen LogP contribution in [0.15, 0.2) is 48.5 Å². The molecule has 2 aromatic carbocycles. The summed E-state index contributed by atoms with van der Waals surface area (Å²) >= 11 is 6.03. The Morgan fingerprint density at radius 3 is 2.55 bits per heavy atom. The van der Waals surface area contributed by atoms with Gasteiger partial charge in [-0.25, -0.2) is 4.39 Å². The third kappa shape index (κ3) is 4.32. The molecule has 1 N–H and O–H groups in total. The van der Waals surface area contributed by atoms with Crippen LogP contribution in [0, 0.1) is 5.82 Å². The Balaban J connectivity index is 2.16. The van der Waals surface area contributed by atoms with Crippen LogP contribution >= 0.6 is 11.6 Å². The molecule has 0 fully saturated rings. The molecule has 0 saturated carbocycles. The van der Waals surface area contributed by atoms with E-state index in [4.69, 9.17) is 11.6 Å². The lowest BCUT2D eigenvalue weighted by atomic mass is 9.98. The number of hydrogen-bond donors (Lipinski definition) is 1. The summed E-state index contributed by atoms with van der Waals surface area (Å²) in [6, 6.07) is 14.7. The van der Waals surface area contributed by atoms with Gasteiger partial charge in [-0.3, -0.25) is 0 Å². The van der Waals surface area contributed by atoms with Crippen LogP contribution in [0.1, 0.15) is 30.5 Å². The summed E-state index contributed by atoms with van der Waals surface area (Å²) in [5.41, 5.74) is 2.27. The molecule has 0 radical (unpaired) electrons. The monoisotopic (exact) mass is 291 g/mol. The van der Waals surface area contributed by atoms with E-state index in [0.29, 0.717) is 0 Å². The van der Waals surface area contributed by atoms with Crippen molar-refractivity contribution in [3.8, 4) is 0 Å². The smallest absolute Gasteiger partial charge is 0.123 e. The van der Waals surface area contributed by atoms with Crippen LogP contribution in [0.3, 0.4) is 0 Å². The van der Waals surface area contributed by atoms with Crippen molar-refractivity contribution in [3.63, 3.8) is 0 Å². The van der Waals surface area contributed by atoms with Crippen LogP contribution < -0.4 is 5.32 Å². The zero-order valence-electron chi connectivity index (χ0n) is 11.6. The van der Waals surface area contributed by atoms with E-state index in [0.717, 1.165) is 30.0 Å². The second-order valence-corrected chi connectivity index (χ2v) is 5.33. The van der Waals surface area contributed by atoms with E-state index in [1.165, 1.54) is 17.7 Å². The third-order valence-corrected chi connectivity index (χ3v) is 3.48. The van der Waals surface area contributed by atoms with Crippen LogP contribution in [0.25, 0.3) is 0 Å². The summed E-state index contributed by atoms with van der Waals surface area (Å²) in [4.78, 5) is 0. The van der Waals surface area contributed by atoms with Gasteiger partial charge >= 0.3 is 0 Å². The summed E-state index contributed by atoms with van der Waals surface area (Å²) in [5.74, 6) is -0.203. The molecule has 106 valence electrons. The molecule has 0 aliphatic heterocycles. The van der Waals surface area contributed by atoms with Crippen molar-refractivity contribution in [2.24, 2.45) is 0 Å². The van der Waals surface area contributed by atoms with Crippen molar-refractivity contribution in [2.75, 3.05) is 6.54 Å². The maximum absolute atomic E-state index is 13.0. The van der Waals surface area contributed by atoms with Gasteiger partial charge in [0.05, 0.1) is 0 Å². The summed E-state index contributed by atoms with van der Waals surface area (Å²) in [7, 11) is 0. The van der Waals surface area contributed by atoms with Crippen molar-refractivity contribution < 1.29 is 4.39 Å². The minimum absolute atomic E-state index is 0.175. The van der Waals surface area contributed by atoms with Crippen molar-refractivity contribution in [3.05, 3.63) is 70.5 Å². The number of rotatable bonds is 6. The lowest BCUT2D eigenvalue weighted by Gasteiger charge is -2.19. The fourth-order valence-electron chi connectivity index (χ4n) is 2.22. The van der Waals surface area contributed by atoms with Crippen LogP contribution in [0.4, 0.5) is 4.39 Å². The molecule has 0 aliphatic rings. The number of halogens is 2. The molecular formula is C17H19ClFN. The highest BCUT2D eigenvalue weighted by molar-refractivity contribution is 6.30. The SMILES string of the molecule is CCCNC(Cc1cccc(Cl)c1)c1ccc(F)cc1. The summed E-state index contributed by atoms with van der Waals surface area (Å²) in [6.07, 6.45) is 1.90. The van der Waals surface area contributed by atoms with E-state index in [2.05, 4.69) is 18.3 Å². The summed E-state index contributed by atoms with van der Waals surface area (Å²) in [5, 5.41) is 4.25. The van der Waals surface area contributed by atoms with Gasteiger partial charge in [-0.05, 0) is 54.8 Å². The van der Waals surface area contributed by atoms with Gasteiger partial charge in [-0.2, -0.15) is 0 Å². The molecular weight excluding hydrogens is 273 g/mol. The lowest BCUT2D eigenvalue weighted by Crippen LogP contribution is -2.24. The van der Waals surface area contributed by atoms with E-state index in [-0.39, 0.29) is 11.9 Å². The largest absolute Gasteiger partial charge is 0.310 e. The van der Waals surface area contributed by atoms with Crippen LogP contribution in [-0.4, -0.2) is 6.54 Å². The molecule has 0 bridgehead atoms. The van der Waals surface area contributed by atoms with Crippen molar-refractivity contribution >= 4 is 11.6 Å². The molecule has 1 nitrogen and oxygen atoms in total. The molecule has 0 saturated heterocycles. The highest BCUT2D eigenvalue weighted by Crippen LogP contribution is 2.21. The molecule has 0 spiro atoms. The quantitative estimate of drug-likeness (QED) is 0.809. The van der Waals surface area contributed by atoms with Gasteiger partial charge in [0.2, 0.25) is 0 Å². The normalized spacial score (nSPS) is 12.3. The number of hydrogen-bond acceptors (Lipinski definition) is 1. The van der Waals surface area contributed by atoms with Crippen molar-refractivity contribution in [1.82, 2.24) is 5.32 Å². The standard InChI is InChI=1S/C17H19ClFN/c1-2-10-20-17(14-6-8-16(19)9-7-14)12-13-4-3-5-15(18)11-13/h3-9,11,17,20H,2,10,12H2,1H3. The first kappa shape index (κ1) is 15.0. The first-order valence-electron chi connectivity index (χ1n) is 6.92. The maximum atomic E-state index is 13.0. The zero-order chi connectivity index (χ0) is 14.4. The highest BCUT2D eigenvalue weighted by Gasteiger charge is 2.11. The van der Waals surface area contributed by atoms with Gasteiger partial charge in [-0.1, -0.05) is 42.8 Å². The van der Waals surface area contributed by atoms with Gasteiger partial charge in [0, 0.05) is 11.1 Å². The Hall–Kier alpha value is -1.38. The highest BCUT2D eigenvalue weighted by atomic mass is 35.5. The Labute approximate surface area is 124 Å². The minimum Gasteiger partial charge on any atom is -0.310 e. The molecule has 3 heteroatoms. The maximum Gasteiger partial charge on any atom is 0.123 e. The second-order valence-electron chi connectivity index (χ2n) is 4.89. The molecule has 0 amide bonds. The topological polar surface area (TPSA) is 12.0 Å². The zero-order valence-corrected chi connectivity index (χ0v) is 12.3. The number of benzene rings is 2. The van der Waals surface area contributed by atoms with E-state index in [9.17, 15) is 4.39 Å². The Bertz CT molecular complexity index is 539. The van der Waals surface area contributed by atoms with Gasteiger partial charge in [0.15, 0.2) is 0 Å². The van der Waals surface area contributed by atoms with Gasteiger partial charge in [0.1, 0.15) is 5.82 Å². The van der Waals surface area contributed by atoms with Crippen LogP contribution in [0.5, 0.6) is 0 Å². The van der Waals surface area contributed by atoms with Gasteiger partial charge < -0.3 is 5.32 Å². The summed E-state index contributed by atoms with van der Waals surface area (Å²) < 4.78 is 13.0. The molecule has 2 rings (SSSR count). The van der Waals surface area contributed by atoms with Gasteiger partial charge in [0.25, 0.3) is 0 Å². The second kappa shape index (κ2) is 7.41. The lowest BCUT2D eigenvalue weighted by molar-refractivity contribution is 0.527. The molecule has 20 heavy (non-hydrogen) atoms. The number of nitrogens with one attached hydrogen (secondary N) is 1. The molecule has 0 heterocycles.